The van der Waals surface area contributed by atoms with E-state index in [1.54, 1.807) is 0 Å². The molecule has 3 N–H and O–H groups in total. The fourth-order valence-corrected chi connectivity index (χ4v) is 4.30. The monoisotopic (exact) mass is 276 g/mol. The van der Waals surface area contributed by atoms with Gasteiger partial charge in [-0.3, -0.25) is 0 Å². The minimum absolute atomic E-state index is 0.562. The van der Waals surface area contributed by atoms with Crippen molar-refractivity contribution in [3.05, 3.63) is 29.3 Å². The van der Waals surface area contributed by atoms with Crippen molar-refractivity contribution in [3.63, 3.8) is 0 Å². The van der Waals surface area contributed by atoms with E-state index in [0.29, 0.717) is 6.04 Å². The van der Waals surface area contributed by atoms with Crippen LogP contribution in [0.2, 0.25) is 0 Å². The molecule has 1 aromatic rings. The van der Waals surface area contributed by atoms with Gasteiger partial charge in [0.1, 0.15) is 0 Å². The predicted octanol–water partition coefficient (Wildman–Crippen LogP) is 3.52. The average molecular weight is 276 g/mol. The molecule has 1 fully saturated rings. The van der Waals surface area contributed by atoms with Crippen molar-refractivity contribution < 1.29 is 0 Å². The molecule has 0 bridgehead atoms. The van der Waals surface area contributed by atoms with Gasteiger partial charge in [0.2, 0.25) is 0 Å². The van der Waals surface area contributed by atoms with Crippen molar-refractivity contribution in [2.45, 2.75) is 55.9 Å². The van der Waals surface area contributed by atoms with E-state index >= 15 is 0 Å². The molecular formula is C16H24N2S. The number of benzene rings is 1. The topological polar surface area (TPSA) is 38.0 Å². The first-order valence-corrected chi connectivity index (χ1v) is 8.72. The lowest BCUT2D eigenvalue weighted by Crippen LogP contribution is -2.35. The molecule has 1 atom stereocenters. The predicted molar refractivity (Wildman–Crippen MR) is 84.6 cm³/mol. The molecule has 2 aliphatic carbocycles. The molecular weight excluding hydrogens is 252 g/mol. The maximum absolute atomic E-state index is 5.87. The molecule has 0 radical (unpaired) electrons. The molecule has 1 aromatic carbocycles. The summed E-state index contributed by atoms with van der Waals surface area (Å²) in [5.74, 6) is 0. The molecule has 1 saturated carbocycles. The largest absolute Gasteiger partial charge is 0.399 e. The fraction of sp³-hybridized carbons (Fsp3) is 0.625. The zero-order valence-electron chi connectivity index (χ0n) is 11.7. The van der Waals surface area contributed by atoms with E-state index in [1.807, 2.05) is 17.8 Å². The van der Waals surface area contributed by atoms with Crippen LogP contribution in [0.25, 0.3) is 0 Å². The number of anilines is 1. The van der Waals surface area contributed by atoms with Crippen LogP contribution < -0.4 is 11.1 Å². The van der Waals surface area contributed by atoms with Crippen LogP contribution in [0.1, 0.15) is 49.3 Å². The second kappa shape index (κ2) is 5.76. The zero-order valence-corrected chi connectivity index (χ0v) is 12.5. The highest BCUT2D eigenvalue weighted by molar-refractivity contribution is 7.99. The Labute approximate surface area is 120 Å². The lowest BCUT2D eigenvalue weighted by Gasteiger charge is -2.30. The number of fused-ring (bicyclic) bond motifs is 1. The van der Waals surface area contributed by atoms with Gasteiger partial charge < -0.3 is 11.1 Å². The Morgan fingerprint density at radius 3 is 2.68 bits per heavy atom. The SMILES string of the molecule is CSC1CCC(NC2CCc3cc(N)ccc32)CC1. The summed E-state index contributed by atoms with van der Waals surface area (Å²) < 4.78 is 0. The molecule has 3 heteroatoms. The standard InChI is InChI=1S/C16H24N2S/c1-19-14-6-4-13(5-7-14)18-16-9-2-11-10-12(17)3-8-15(11)16/h3,8,10,13-14,16,18H,2,4-7,9,17H2,1H3. The highest BCUT2D eigenvalue weighted by atomic mass is 32.2. The van der Waals surface area contributed by atoms with Crippen LogP contribution in [0.4, 0.5) is 5.69 Å². The van der Waals surface area contributed by atoms with Crippen LogP contribution in [-0.2, 0) is 6.42 Å². The summed E-state index contributed by atoms with van der Waals surface area (Å²) in [5.41, 5.74) is 9.71. The van der Waals surface area contributed by atoms with E-state index in [1.165, 1.54) is 49.7 Å². The third-order valence-corrected chi connectivity index (χ3v) is 5.83. The molecule has 3 rings (SSSR count). The van der Waals surface area contributed by atoms with Gasteiger partial charge in [0.15, 0.2) is 0 Å². The number of aryl methyl sites for hydroxylation is 1. The third-order valence-electron chi connectivity index (χ3n) is 4.69. The summed E-state index contributed by atoms with van der Waals surface area (Å²) in [7, 11) is 0. The van der Waals surface area contributed by atoms with Crippen molar-refractivity contribution in [1.29, 1.82) is 0 Å². The smallest absolute Gasteiger partial charge is 0.0328 e. The van der Waals surface area contributed by atoms with Gasteiger partial charge in [-0.15, -0.1) is 0 Å². The van der Waals surface area contributed by atoms with Crippen molar-refractivity contribution in [1.82, 2.24) is 5.32 Å². The average Bonchev–Trinajstić information content (AvgIpc) is 2.82. The highest BCUT2D eigenvalue weighted by Gasteiger charge is 2.27. The highest BCUT2D eigenvalue weighted by Crippen LogP contribution is 2.35. The first-order chi connectivity index (χ1) is 9.26. The Balaban J connectivity index is 1.61. The van der Waals surface area contributed by atoms with Crippen molar-refractivity contribution in [3.8, 4) is 0 Å². The Kier molecular flexibility index (Phi) is 4.04. The van der Waals surface area contributed by atoms with Crippen LogP contribution in [-0.4, -0.2) is 17.5 Å². The van der Waals surface area contributed by atoms with E-state index in [-0.39, 0.29) is 0 Å². The molecule has 19 heavy (non-hydrogen) atoms. The van der Waals surface area contributed by atoms with E-state index in [4.69, 9.17) is 5.73 Å². The number of rotatable bonds is 3. The van der Waals surface area contributed by atoms with Crippen LogP contribution in [0.5, 0.6) is 0 Å². The third kappa shape index (κ3) is 2.92. The number of nitrogens with one attached hydrogen (secondary N) is 1. The normalized spacial score (nSPS) is 30.3. The van der Waals surface area contributed by atoms with Crippen LogP contribution in [0.3, 0.4) is 0 Å². The Bertz CT molecular complexity index is 438. The number of hydrogen-bond acceptors (Lipinski definition) is 3. The van der Waals surface area contributed by atoms with Gasteiger partial charge in [0.25, 0.3) is 0 Å². The molecule has 0 heterocycles. The van der Waals surface area contributed by atoms with E-state index < -0.39 is 0 Å². The van der Waals surface area contributed by atoms with E-state index in [2.05, 4.69) is 23.7 Å². The molecule has 0 amide bonds. The Morgan fingerprint density at radius 1 is 1.16 bits per heavy atom. The summed E-state index contributed by atoms with van der Waals surface area (Å²) in [6.45, 7) is 0. The Morgan fingerprint density at radius 2 is 1.95 bits per heavy atom. The first-order valence-electron chi connectivity index (χ1n) is 7.43. The molecule has 2 aliphatic rings. The van der Waals surface area contributed by atoms with Gasteiger partial charge in [-0.25, -0.2) is 0 Å². The molecule has 2 nitrogen and oxygen atoms in total. The molecule has 0 spiro atoms. The molecule has 0 aliphatic heterocycles. The summed E-state index contributed by atoms with van der Waals surface area (Å²) in [6.07, 6.45) is 10.1. The van der Waals surface area contributed by atoms with Crippen LogP contribution in [0.15, 0.2) is 18.2 Å². The molecule has 1 unspecified atom stereocenters. The van der Waals surface area contributed by atoms with Crippen molar-refractivity contribution in [2.24, 2.45) is 0 Å². The summed E-state index contributed by atoms with van der Waals surface area (Å²) in [4.78, 5) is 0. The van der Waals surface area contributed by atoms with Crippen molar-refractivity contribution >= 4 is 17.4 Å². The maximum atomic E-state index is 5.87. The second-order valence-electron chi connectivity index (χ2n) is 5.93. The maximum Gasteiger partial charge on any atom is 0.0328 e. The van der Waals surface area contributed by atoms with E-state index in [0.717, 1.165) is 17.0 Å². The first kappa shape index (κ1) is 13.3. The zero-order chi connectivity index (χ0) is 13.2. The van der Waals surface area contributed by atoms with Crippen LogP contribution >= 0.6 is 11.8 Å². The number of thioether (sulfide) groups is 1. The van der Waals surface area contributed by atoms with Gasteiger partial charge in [0.05, 0.1) is 0 Å². The second-order valence-corrected chi connectivity index (χ2v) is 7.06. The summed E-state index contributed by atoms with van der Waals surface area (Å²) >= 11 is 2.04. The minimum atomic E-state index is 0.562. The van der Waals surface area contributed by atoms with Crippen molar-refractivity contribution in [2.75, 3.05) is 12.0 Å². The van der Waals surface area contributed by atoms with Gasteiger partial charge in [-0.05, 0) is 68.0 Å². The fourth-order valence-electron chi connectivity index (χ4n) is 3.56. The molecule has 0 aromatic heterocycles. The number of nitrogen functional groups attached to an aromatic ring is 1. The summed E-state index contributed by atoms with van der Waals surface area (Å²) in [5, 5.41) is 4.78. The summed E-state index contributed by atoms with van der Waals surface area (Å²) in [6, 6.07) is 7.71. The van der Waals surface area contributed by atoms with Gasteiger partial charge in [-0.1, -0.05) is 6.07 Å². The van der Waals surface area contributed by atoms with Gasteiger partial charge in [0, 0.05) is 23.0 Å². The molecule has 104 valence electrons. The lowest BCUT2D eigenvalue weighted by molar-refractivity contribution is 0.342. The van der Waals surface area contributed by atoms with E-state index in [9.17, 15) is 0 Å². The number of hydrogen-bond donors (Lipinski definition) is 2. The number of nitrogens with two attached hydrogens (primary N) is 1. The van der Waals surface area contributed by atoms with Gasteiger partial charge in [-0.2, -0.15) is 11.8 Å². The van der Waals surface area contributed by atoms with Gasteiger partial charge >= 0.3 is 0 Å². The lowest BCUT2D eigenvalue weighted by atomic mass is 9.93. The Hall–Kier alpha value is -0.670. The minimum Gasteiger partial charge on any atom is -0.399 e. The quantitative estimate of drug-likeness (QED) is 0.830. The van der Waals surface area contributed by atoms with Crippen LogP contribution in [0, 0.1) is 0 Å². The molecule has 0 saturated heterocycles.